The van der Waals surface area contributed by atoms with E-state index in [9.17, 15) is 4.79 Å². The SMILES string of the molecule is CCCCCCNCc1ccc(-c2cccc(C(=O)O)c2)o1.Cl. The number of furan rings is 1. The first-order valence-corrected chi connectivity index (χ1v) is 7.84. The van der Waals surface area contributed by atoms with Crippen molar-refractivity contribution in [3.63, 3.8) is 0 Å². The summed E-state index contributed by atoms with van der Waals surface area (Å²) in [5.74, 6) is 0.638. The lowest BCUT2D eigenvalue weighted by Crippen LogP contribution is -2.14. The van der Waals surface area contributed by atoms with Gasteiger partial charge in [-0.15, -0.1) is 12.4 Å². The lowest BCUT2D eigenvalue weighted by Gasteiger charge is -2.02. The van der Waals surface area contributed by atoms with E-state index in [1.165, 1.54) is 25.7 Å². The molecule has 4 nitrogen and oxygen atoms in total. The highest BCUT2D eigenvalue weighted by Crippen LogP contribution is 2.23. The van der Waals surface area contributed by atoms with Crippen LogP contribution in [0.15, 0.2) is 40.8 Å². The van der Waals surface area contributed by atoms with Gasteiger partial charge in [-0.3, -0.25) is 0 Å². The molecule has 0 atom stereocenters. The zero-order chi connectivity index (χ0) is 15.8. The average Bonchev–Trinajstić information content (AvgIpc) is 3.00. The van der Waals surface area contributed by atoms with E-state index in [4.69, 9.17) is 9.52 Å². The minimum absolute atomic E-state index is 0. The molecule has 1 aromatic carbocycles. The first kappa shape index (κ1) is 19.3. The fraction of sp³-hybridized carbons (Fsp3) is 0.389. The zero-order valence-corrected chi connectivity index (χ0v) is 14.2. The van der Waals surface area contributed by atoms with Crippen LogP contribution in [0.25, 0.3) is 11.3 Å². The summed E-state index contributed by atoms with van der Waals surface area (Å²) in [7, 11) is 0. The molecular weight excluding hydrogens is 314 g/mol. The van der Waals surface area contributed by atoms with E-state index in [0.29, 0.717) is 12.3 Å². The summed E-state index contributed by atoms with van der Waals surface area (Å²) in [6, 6.07) is 10.6. The molecule has 0 aliphatic rings. The van der Waals surface area contributed by atoms with E-state index in [0.717, 1.165) is 17.9 Å². The number of nitrogens with one attached hydrogen (secondary N) is 1. The highest BCUT2D eigenvalue weighted by atomic mass is 35.5. The second kappa shape index (κ2) is 10.1. The van der Waals surface area contributed by atoms with E-state index in [-0.39, 0.29) is 18.0 Å². The normalized spacial score (nSPS) is 10.3. The number of hydrogen-bond donors (Lipinski definition) is 2. The van der Waals surface area contributed by atoms with Crippen LogP contribution in [0.1, 0.15) is 48.7 Å². The topological polar surface area (TPSA) is 62.5 Å². The van der Waals surface area contributed by atoms with Gasteiger partial charge in [-0.25, -0.2) is 4.79 Å². The second-order valence-electron chi connectivity index (χ2n) is 5.39. The van der Waals surface area contributed by atoms with Crippen LogP contribution in [0.3, 0.4) is 0 Å². The van der Waals surface area contributed by atoms with Crippen LogP contribution in [0.4, 0.5) is 0 Å². The predicted octanol–water partition coefficient (Wildman–Crippen LogP) is 4.74. The summed E-state index contributed by atoms with van der Waals surface area (Å²) in [5.41, 5.74) is 1.05. The third kappa shape index (κ3) is 6.08. The van der Waals surface area contributed by atoms with Crippen molar-refractivity contribution in [2.75, 3.05) is 6.54 Å². The first-order valence-electron chi connectivity index (χ1n) is 7.84. The summed E-state index contributed by atoms with van der Waals surface area (Å²) in [6.07, 6.45) is 4.97. The molecule has 2 N–H and O–H groups in total. The number of rotatable bonds is 9. The van der Waals surface area contributed by atoms with Gasteiger partial charge in [0.15, 0.2) is 0 Å². The van der Waals surface area contributed by atoms with Crippen LogP contribution in [-0.2, 0) is 6.54 Å². The van der Waals surface area contributed by atoms with Crippen LogP contribution < -0.4 is 5.32 Å². The van der Waals surface area contributed by atoms with Crippen molar-refractivity contribution in [1.29, 1.82) is 0 Å². The minimum Gasteiger partial charge on any atom is -0.478 e. The van der Waals surface area contributed by atoms with Crippen molar-refractivity contribution >= 4 is 18.4 Å². The molecule has 0 radical (unpaired) electrons. The fourth-order valence-corrected chi connectivity index (χ4v) is 2.32. The molecule has 0 aliphatic carbocycles. The molecular formula is C18H24ClNO3. The Morgan fingerprint density at radius 3 is 2.74 bits per heavy atom. The maximum atomic E-state index is 11.0. The number of unbranched alkanes of at least 4 members (excludes halogenated alkanes) is 3. The Kier molecular flexibility index (Phi) is 8.45. The van der Waals surface area contributed by atoms with Crippen LogP contribution in [0.2, 0.25) is 0 Å². The van der Waals surface area contributed by atoms with E-state index in [1.54, 1.807) is 18.2 Å². The summed E-state index contributed by atoms with van der Waals surface area (Å²) in [5, 5.41) is 12.4. The van der Waals surface area contributed by atoms with Gasteiger partial charge in [0, 0.05) is 5.56 Å². The molecule has 0 saturated carbocycles. The smallest absolute Gasteiger partial charge is 0.335 e. The summed E-state index contributed by atoms with van der Waals surface area (Å²) < 4.78 is 5.78. The molecule has 0 bridgehead atoms. The van der Waals surface area contributed by atoms with E-state index >= 15 is 0 Å². The second-order valence-corrected chi connectivity index (χ2v) is 5.39. The summed E-state index contributed by atoms with van der Waals surface area (Å²) >= 11 is 0. The molecule has 0 spiro atoms. The summed E-state index contributed by atoms with van der Waals surface area (Å²) in [4.78, 5) is 11.0. The van der Waals surface area contributed by atoms with E-state index < -0.39 is 5.97 Å². The molecule has 0 fully saturated rings. The average molecular weight is 338 g/mol. The van der Waals surface area contributed by atoms with Gasteiger partial charge in [-0.2, -0.15) is 0 Å². The fourth-order valence-electron chi connectivity index (χ4n) is 2.32. The number of carboxylic acids is 1. The Morgan fingerprint density at radius 1 is 1.17 bits per heavy atom. The van der Waals surface area contributed by atoms with E-state index in [1.807, 2.05) is 18.2 Å². The van der Waals surface area contributed by atoms with Gasteiger partial charge in [0.2, 0.25) is 0 Å². The lowest BCUT2D eigenvalue weighted by atomic mass is 10.1. The molecule has 23 heavy (non-hydrogen) atoms. The molecule has 5 heteroatoms. The van der Waals surface area contributed by atoms with Crippen LogP contribution in [0.5, 0.6) is 0 Å². The molecule has 126 valence electrons. The Balaban J connectivity index is 0.00000264. The van der Waals surface area contributed by atoms with Crippen molar-refractivity contribution < 1.29 is 14.3 Å². The number of halogens is 1. The van der Waals surface area contributed by atoms with Gasteiger partial charge in [-0.1, -0.05) is 38.3 Å². The standard InChI is InChI=1S/C18H23NO3.ClH/c1-2-3-4-5-11-19-13-16-9-10-17(22-16)14-7-6-8-15(12-14)18(20)21;/h6-10,12,19H,2-5,11,13H2,1H3,(H,20,21);1H. The molecule has 0 amide bonds. The third-order valence-corrected chi connectivity index (χ3v) is 3.56. The van der Waals surface area contributed by atoms with Crippen molar-refractivity contribution in [3.8, 4) is 11.3 Å². The van der Waals surface area contributed by atoms with Crippen molar-refractivity contribution in [3.05, 3.63) is 47.7 Å². The number of carbonyl (C=O) groups is 1. The Hall–Kier alpha value is -1.78. The highest BCUT2D eigenvalue weighted by Gasteiger charge is 2.08. The Labute approximate surface area is 143 Å². The predicted molar refractivity (Wildman–Crippen MR) is 94.2 cm³/mol. The molecule has 2 rings (SSSR count). The number of benzene rings is 1. The van der Waals surface area contributed by atoms with Crippen LogP contribution in [0, 0.1) is 0 Å². The number of hydrogen-bond acceptors (Lipinski definition) is 3. The highest BCUT2D eigenvalue weighted by molar-refractivity contribution is 5.89. The zero-order valence-electron chi connectivity index (χ0n) is 13.4. The first-order chi connectivity index (χ1) is 10.7. The minimum atomic E-state index is -0.928. The largest absolute Gasteiger partial charge is 0.478 e. The Morgan fingerprint density at radius 2 is 2.00 bits per heavy atom. The van der Waals surface area contributed by atoms with Crippen LogP contribution in [-0.4, -0.2) is 17.6 Å². The van der Waals surface area contributed by atoms with Crippen molar-refractivity contribution in [1.82, 2.24) is 5.32 Å². The molecule has 0 saturated heterocycles. The number of aromatic carboxylic acids is 1. The van der Waals surface area contributed by atoms with Gasteiger partial charge in [-0.05, 0) is 37.2 Å². The van der Waals surface area contributed by atoms with Crippen molar-refractivity contribution in [2.24, 2.45) is 0 Å². The molecule has 0 aliphatic heterocycles. The lowest BCUT2D eigenvalue weighted by molar-refractivity contribution is 0.0697. The van der Waals surface area contributed by atoms with Gasteiger partial charge in [0.25, 0.3) is 0 Å². The summed E-state index contributed by atoms with van der Waals surface area (Å²) in [6.45, 7) is 3.90. The quantitative estimate of drug-likeness (QED) is 0.649. The van der Waals surface area contributed by atoms with Gasteiger partial charge in [0.1, 0.15) is 11.5 Å². The van der Waals surface area contributed by atoms with Gasteiger partial charge < -0.3 is 14.8 Å². The molecule has 1 aromatic heterocycles. The van der Waals surface area contributed by atoms with E-state index in [2.05, 4.69) is 12.2 Å². The van der Waals surface area contributed by atoms with Gasteiger partial charge >= 0.3 is 5.97 Å². The molecule has 2 aromatic rings. The van der Waals surface area contributed by atoms with Crippen molar-refractivity contribution in [2.45, 2.75) is 39.2 Å². The molecule has 0 unspecified atom stereocenters. The van der Waals surface area contributed by atoms with Crippen LogP contribution >= 0.6 is 12.4 Å². The third-order valence-electron chi connectivity index (χ3n) is 3.56. The molecule has 1 heterocycles. The maximum absolute atomic E-state index is 11.0. The Bertz CT molecular complexity index is 610. The monoisotopic (exact) mass is 337 g/mol. The number of carboxylic acid groups (broad SMARTS) is 1. The maximum Gasteiger partial charge on any atom is 0.335 e. The van der Waals surface area contributed by atoms with Gasteiger partial charge in [0.05, 0.1) is 12.1 Å².